The summed E-state index contributed by atoms with van der Waals surface area (Å²) in [5.41, 5.74) is 1.63. The first-order valence-corrected chi connectivity index (χ1v) is 13.2. The van der Waals surface area contributed by atoms with E-state index in [1.807, 2.05) is 34.5 Å². The van der Waals surface area contributed by atoms with Crippen LogP contribution in [-0.4, -0.2) is 60.6 Å². The quantitative estimate of drug-likeness (QED) is 0.442. The average molecular weight is 509 g/mol. The summed E-state index contributed by atoms with van der Waals surface area (Å²) >= 11 is 1.68. The maximum atomic E-state index is 13.7. The van der Waals surface area contributed by atoms with Crippen molar-refractivity contribution in [3.05, 3.63) is 87.9 Å². The number of nitrogens with zero attached hydrogens (tertiary/aromatic N) is 2. The predicted octanol–water partition coefficient (Wildman–Crippen LogP) is 4.71. The van der Waals surface area contributed by atoms with Crippen LogP contribution in [0.2, 0.25) is 0 Å². The van der Waals surface area contributed by atoms with Gasteiger partial charge in [-0.2, -0.15) is 0 Å². The van der Waals surface area contributed by atoms with E-state index >= 15 is 0 Å². The highest BCUT2D eigenvalue weighted by molar-refractivity contribution is 7.10. The van der Waals surface area contributed by atoms with Gasteiger partial charge in [0.2, 0.25) is 5.91 Å². The summed E-state index contributed by atoms with van der Waals surface area (Å²) in [4.78, 5) is 31.8. The van der Waals surface area contributed by atoms with Gasteiger partial charge in [0, 0.05) is 30.1 Å². The van der Waals surface area contributed by atoms with Gasteiger partial charge in [0.15, 0.2) is 0 Å². The Kier molecular flexibility index (Phi) is 7.63. The van der Waals surface area contributed by atoms with Gasteiger partial charge in [-0.1, -0.05) is 18.2 Å². The number of benzene rings is 2. The van der Waals surface area contributed by atoms with Crippen molar-refractivity contribution in [2.45, 2.75) is 31.4 Å². The first kappa shape index (κ1) is 24.5. The van der Waals surface area contributed by atoms with E-state index in [1.165, 1.54) is 17.0 Å². The Morgan fingerprint density at radius 3 is 2.67 bits per heavy atom. The first-order valence-electron chi connectivity index (χ1n) is 12.3. The molecule has 0 N–H and O–H groups in total. The Hall–Kier alpha value is -3.23. The molecule has 0 spiro atoms. The van der Waals surface area contributed by atoms with Crippen LogP contribution in [0.4, 0.5) is 4.39 Å². The van der Waals surface area contributed by atoms with E-state index < -0.39 is 0 Å². The van der Waals surface area contributed by atoms with Gasteiger partial charge in [-0.15, -0.1) is 11.3 Å². The molecule has 0 saturated carbocycles. The highest BCUT2D eigenvalue weighted by Crippen LogP contribution is 2.34. The lowest BCUT2D eigenvalue weighted by atomic mass is 10.00. The van der Waals surface area contributed by atoms with Crippen LogP contribution in [0.5, 0.6) is 5.75 Å². The molecule has 6 nitrogen and oxygen atoms in total. The van der Waals surface area contributed by atoms with Crippen LogP contribution in [-0.2, 0) is 16.0 Å². The molecule has 0 aliphatic carbocycles. The summed E-state index contributed by atoms with van der Waals surface area (Å²) in [7, 11) is 0. The first-order chi connectivity index (χ1) is 17.6. The highest BCUT2D eigenvalue weighted by atomic mass is 32.1. The summed E-state index contributed by atoms with van der Waals surface area (Å²) < 4.78 is 25.1. The standard InChI is InChI=1S/C28H29FN2O4S/c29-21-8-10-22(11-9-21)35-19-25-24-13-16-36-26(24)12-14-31(25)27(32)18-30(17-23-7-4-15-34-23)28(33)20-5-2-1-3-6-20/h1-3,5-6,8-11,13,16,23,25H,4,7,12,14-15,17-19H2/t23-,25-/m0/s1. The van der Waals surface area contributed by atoms with Crippen molar-refractivity contribution in [2.24, 2.45) is 0 Å². The molecule has 36 heavy (non-hydrogen) atoms. The van der Waals surface area contributed by atoms with Gasteiger partial charge < -0.3 is 19.3 Å². The maximum Gasteiger partial charge on any atom is 0.254 e. The zero-order valence-electron chi connectivity index (χ0n) is 20.0. The van der Waals surface area contributed by atoms with Crippen molar-refractivity contribution in [1.29, 1.82) is 0 Å². The monoisotopic (exact) mass is 508 g/mol. The van der Waals surface area contributed by atoms with E-state index in [0.29, 0.717) is 31.0 Å². The maximum absolute atomic E-state index is 13.7. The molecule has 3 heterocycles. The van der Waals surface area contributed by atoms with E-state index in [1.54, 1.807) is 40.5 Å². The molecule has 2 aromatic carbocycles. The number of halogens is 1. The zero-order valence-corrected chi connectivity index (χ0v) is 20.8. The summed E-state index contributed by atoms with van der Waals surface area (Å²) in [5.74, 6) is -0.0783. The normalized spacial score (nSPS) is 19.1. The fourth-order valence-electron chi connectivity index (χ4n) is 4.85. The number of ether oxygens (including phenoxy) is 2. The zero-order chi connectivity index (χ0) is 24.9. The van der Waals surface area contributed by atoms with Crippen molar-refractivity contribution in [3.8, 4) is 5.75 Å². The largest absolute Gasteiger partial charge is 0.491 e. The van der Waals surface area contributed by atoms with Crippen molar-refractivity contribution in [1.82, 2.24) is 9.80 Å². The minimum absolute atomic E-state index is 0.0277. The summed E-state index contributed by atoms with van der Waals surface area (Å²) in [6, 6.07) is 16.7. The Morgan fingerprint density at radius 2 is 1.92 bits per heavy atom. The Balaban J connectivity index is 1.34. The molecular formula is C28H29FN2O4S. The Labute approximate surface area is 214 Å². The van der Waals surface area contributed by atoms with Crippen molar-refractivity contribution < 1.29 is 23.5 Å². The SMILES string of the molecule is O=C(c1ccccc1)N(CC(=O)N1CCc2sccc2[C@@H]1COc1ccc(F)cc1)C[C@@H]1CCCO1. The van der Waals surface area contributed by atoms with Crippen LogP contribution < -0.4 is 4.74 Å². The molecule has 8 heteroatoms. The molecular weight excluding hydrogens is 479 g/mol. The van der Waals surface area contributed by atoms with E-state index in [9.17, 15) is 14.0 Å². The van der Waals surface area contributed by atoms with Crippen LogP contribution in [0.1, 0.15) is 39.7 Å². The molecule has 1 saturated heterocycles. The second kappa shape index (κ2) is 11.2. The number of carbonyl (C=O) groups excluding carboxylic acids is 2. The number of hydrogen-bond donors (Lipinski definition) is 0. The minimum atomic E-state index is -0.327. The van der Waals surface area contributed by atoms with Crippen LogP contribution in [0, 0.1) is 5.82 Å². The lowest BCUT2D eigenvalue weighted by molar-refractivity contribution is -0.135. The fraction of sp³-hybridized carbons (Fsp3) is 0.357. The smallest absolute Gasteiger partial charge is 0.254 e. The minimum Gasteiger partial charge on any atom is -0.491 e. The third-order valence-corrected chi connectivity index (χ3v) is 7.72. The number of thiophene rings is 1. The Bertz CT molecular complexity index is 1180. The summed E-state index contributed by atoms with van der Waals surface area (Å²) in [6.45, 7) is 1.84. The number of amides is 2. The van der Waals surface area contributed by atoms with Crippen LogP contribution in [0.25, 0.3) is 0 Å². The van der Waals surface area contributed by atoms with Crippen molar-refractivity contribution in [2.75, 3.05) is 32.8 Å². The van der Waals surface area contributed by atoms with Crippen LogP contribution >= 0.6 is 11.3 Å². The van der Waals surface area contributed by atoms with Gasteiger partial charge in [0.05, 0.1) is 12.1 Å². The summed E-state index contributed by atoms with van der Waals surface area (Å²) in [5, 5.41) is 2.03. The number of hydrogen-bond acceptors (Lipinski definition) is 5. The lowest BCUT2D eigenvalue weighted by Crippen LogP contribution is -2.49. The molecule has 0 bridgehead atoms. The van der Waals surface area contributed by atoms with Crippen LogP contribution in [0.3, 0.4) is 0 Å². The van der Waals surface area contributed by atoms with E-state index in [4.69, 9.17) is 9.47 Å². The second-order valence-corrected chi connectivity index (χ2v) is 10.1. The van der Waals surface area contributed by atoms with Gasteiger partial charge in [-0.05, 0) is 72.7 Å². The third kappa shape index (κ3) is 5.60. The third-order valence-electron chi connectivity index (χ3n) is 6.72. The van der Waals surface area contributed by atoms with E-state index in [-0.39, 0.29) is 42.9 Å². The van der Waals surface area contributed by atoms with Gasteiger partial charge in [-0.25, -0.2) is 4.39 Å². The van der Waals surface area contributed by atoms with E-state index in [0.717, 1.165) is 24.8 Å². The van der Waals surface area contributed by atoms with Gasteiger partial charge in [-0.3, -0.25) is 9.59 Å². The molecule has 2 aliphatic rings. The topological polar surface area (TPSA) is 59.1 Å². The molecule has 0 unspecified atom stereocenters. The lowest BCUT2D eigenvalue weighted by Gasteiger charge is -2.37. The molecule has 2 aliphatic heterocycles. The molecule has 188 valence electrons. The van der Waals surface area contributed by atoms with Gasteiger partial charge in [0.25, 0.3) is 5.91 Å². The summed E-state index contributed by atoms with van der Waals surface area (Å²) in [6.07, 6.45) is 2.54. The molecule has 5 rings (SSSR count). The number of fused-ring (bicyclic) bond motifs is 1. The van der Waals surface area contributed by atoms with Crippen molar-refractivity contribution >= 4 is 23.2 Å². The average Bonchev–Trinajstić information content (AvgIpc) is 3.60. The molecule has 3 aromatic rings. The fourth-order valence-corrected chi connectivity index (χ4v) is 5.78. The molecule has 1 fully saturated rings. The number of rotatable bonds is 8. The number of carbonyl (C=O) groups is 2. The molecule has 2 atom stereocenters. The molecule has 2 amide bonds. The van der Waals surface area contributed by atoms with Gasteiger partial charge in [0.1, 0.15) is 24.7 Å². The molecule has 1 aromatic heterocycles. The second-order valence-electron chi connectivity index (χ2n) is 9.10. The molecule has 0 radical (unpaired) electrons. The van der Waals surface area contributed by atoms with E-state index in [2.05, 4.69) is 0 Å². The highest BCUT2D eigenvalue weighted by Gasteiger charge is 2.34. The van der Waals surface area contributed by atoms with Crippen LogP contribution in [0.15, 0.2) is 66.0 Å². The Morgan fingerprint density at radius 1 is 1.11 bits per heavy atom. The van der Waals surface area contributed by atoms with Crippen molar-refractivity contribution in [3.63, 3.8) is 0 Å². The predicted molar refractivity (Wildman–Crippen MR) is 136 cm³/mol. The van der Waals surface area contributed by atoms with Gasteiger partial charge >= 0.3 is 0 Å².